The SMILES string of the molecule is O=C(NCCc1c[nH]c2ccccc12)c1c[nH]c2cc(F)ccc12. The topological polar surface area (TPSA) is 60.7 Å². The van der Waals surface area contributed by atoms with E-state index < -0.39 is 0 Å². The first-order valence-electron chi connectivity index (χ1n) is 7.82. The van der Waals surface area contributed by atoms with E-state index in [0.29, 0.717) is 17.6 Å². The minimum Gasteiger partial charge on any atom is -0.361 e. The second-order valence-electron chi connectivity index (χ2n) is 5.76. The molecule has 0 saturated heterocycles. The Balaban J connectivity index is 1.46. The maximum atomic E-state index is 13.2. The molecule has 4 aromatic rings. The van der Waals surface area contributed by atoms with E-state index in [2.05, 4.69) is 21.4 Å². The van der Waals surface area contributed by atoms with Crippen molar-refractivity contribution < 1.29 is 9.18 Å². The number of hydrogen-bond acceptors (Lipinski definition) is 1. The molecule has 0 atom stereocenters. The third kappa shape index (κ3) is 2.54. The largest absolute Gasteiger partial charge is 0.361 e. The number of para-hydroxylation sites is 1. The second kappa shape index (κ2) is 5.85. The van der Waals surface area contributed by atoms with Crippen LogP contribution < -0.4 is 5.32 Å². The number of carbonyl (C=O) groups is 1. The molecule has 5 heteroatoms. The van der Waals surface area contributed by atoms with Crippen LogP contribution in [0.15, 0.2) is 54.9 Å². The third-order valence-corrected chi connectivity index (χ3v) is 4.24. The van der Waals surface area contributed by atoms with Crippen molar-refractivity contribution >= 4 is 27.7 Å². The predicted molar refractivity (Wildman–Crippen MR) is 92.6 cm³/mol. The normalized spacial score (nSPS) is 11.2. The van der Waals surface area contributed by atoms with Crippen LogP contribution in [0.4, 0.5) is 4.39 Å². The number of carbonyl (C=O) groups excluding carboxylic acids is 1. The van der Waals surface area contributed by atoms with Gasteiger partial charge in [0.05, 0.1) is 5.56 Å². The number of halogens is 1. The summed E-state index contributed by atoms with van der Waals surface area (Å²) in [5.74, 6) is -0.483. The van der Waals surface area contributed by atoms with Gasteiger partial charge < -0.3 is 15.3 Å². The van der Waals surface area contributed by atoms with Crippen molar-refractivity contribution in [2.75, 3.05) is 6.54 Å². The zero-order valence-corrected chi connectivity index (χ0v) is 12.9. The van der Waals surface area contributed by atoms with E-state index in [1.165, 1.54) is 23.1 Å². The first-order valence-corrected chi connectivity index (χ1v) is 7.82. The van der Waals surface area contributed by atoms with E-state index >= 15 is 0 Å². The second-order valence-corrected chi connectivity index (χ2v) is 5.76. The smallest absolute Gasteiger partial charge is 0.253 e. The van der Waals surface area contributed by atoms with E-state index in [1.807, 2.05) is 24.4 Å². The molecule has 0 unspecified atom stereocenters. The number of aromatic nitrogens is 2. The highest BCUT2D eigenvalue weighted by Gasteiger charge is 2.12. The van der Waals surface area contributed by atoms with Crippen LogP contribution in [0.1, 0.15) is 15.9 Å². The molecular weight excluding hydrogens is 305 g/mol. The van der Waals surface area contributed by atoms with Crippen LogP contribution >= 0.6 is 0 Å². The van der Waals surface area contributed by atoms with Gasteiger partial charge in [0.2, 0.25) is 0 Å². The Labute approximate surface area is 137 Å². The Morgan fingerprint density at radius 1 is 1.00 bits per heavy atom. The molecule has 120 valence electrons. The monoisotopic (exact) mass is 321 g/mol. The van der Waals surface area contributed by atoms with Crippen molar-refractivity contribution in [3.63, 3.8) is 0 Å². The van der Waals surface area contributed by atoms with E-state index in [-0.39, 0.29) is 11.7 Å². The van der Waals surface area contributed by atoms with Crippen molar-refractivity contribution in [1.29, 1.82) is 0 Å². The van der Waals surface area contributed by atoms with Crippen LogP contribution in [0.3, 0.4) is 0 Å². The Kier molecular flexibility index (Phi) is 3.54. The molecule has 0 fully saturated rings. The molecule has 4 nitrogen and oxygen atoms in total. The zero-order chi connectivity index (χ0) is 16.5. The van der Waals surface area contributed by atoms with E-state index in [9.17, 15) is 9.18 Å². The van der Waals surface area contributed by atoms with Gasteiger partial charge >= 0.3 is 0 Å². The highest BCUT2D eigenvalue weighted by molar-refractivity contribution is 6.06. The summed E-state index contributed by atoms with van der Waals surface area (Å²) in [5, 5.41) is 4.83. The van der Waals surface area contributed by atoms with Gasteiger partial charge in [-0.05, 0) is 36.2 Å². The van der Waals surface area contributed by atoms with E-state index in [1.54, 1.807) is 12.3 Å². The summed E-state index contributed by atoms with van der Waals surface area (Å²) in [4.78, 5) is 18.5. The lowest BCUT2D eigenvalue weighted by atomic mass is 10.1. The molecule has 24 heavy (non-hydrogen) atoms. The first kappa shape index (κ1) is 14.5. The molecule has 0 spiro atoms. The van der Waals surface area contributed by atoms with E-state index in [4.69, 9.17) is 0 Å². The number of amides is 1. The average Bonchev–Trinajstić information content (AvgIpc) is 3.19. The number of aromatic amines is 2. The molecule has 1 amide bonds. The lowest BCUT2D eigenvalue weighted by Crippen LogP contribution is -2.25. The molecule has 0 radical (unpaired) electrons. The van der Waals surface area contributed by atoms with Gasteiger partial charge in [0.25, 0.3) is 5.91 Å². The van der Waals surface area contributed by atoms with Crippen LogP contribution in [0.5, 0.6) is 0 Å². The van der Waals surface area contributed by atoms with Gasteiger partial charge in [-0.25, -0.2) is 4.39 Å². The van der Waals surface area contributed by atoms with Gasteiger partial charge in [-0.15, -0.1) is 0 Å². The van der Waals surface area contributed by atoms with Gasteiger partial charge in [0, 0.05) is 40.7 Å². The standard InChI is InChI=1S/C19H16FN3O/c20-13-5-6-15-16(11-23-18(15)9-13)19(24)21-8-7-12-10-22-17-4-2-1-3-14(12)17/h1-6,9-11,22-23H,7-8H2,(H,21,24). The summed E-state index contributed by atoms with van der Waals surface area (Å²) >= 11 is 0. The molecule has 2 heterocycles. The average molecular weight is 321 g/mol. The fourth-order valence-electron chi connectivity index (χ4n) is 3.03. The molecule has 0 aliphatic rings. The van der Waals surface area contributed by atoms with Crippen molar-refractivity contribution in [1.82, 2.24) is 15.3 Å². The van der Waals surface area contributed by atoms with Crippen LogP contribution in [0, 0.1) is 5.82 Å². The Morgan fingerprint density at radius 3 is 2.75 bits per heavy atom. The van der Waals surface area contributed by atoms with Crippen LogP contribution in [-0.2, 0) is 6.42 Å². The maximum absolute atomic E-state index is 13.2. The quantitative estimate of drug-likeness (QED) is 0.526. The summed E-state index contributed by atoms with van der Waals surface area (Å²) in [6, 6.07) is 12.5. The highest BCUT2D eigenvalue weighted by atomic mass is 19.1. The van der Waals surface area contributed by atoms with Gasteiger partial charge in [-0.3, -0.25) is 4.79 Å². The number of fused-ring (bicyclic) bond motifs is 2. The molecular formula is C19H16FN3O. The summed E-state index contributed by atoms with van der Waals surface area (Å²) in [7, 11) is 0. The van der Waals surface area contributed by atoms with Gasteiger partial charge in [0.15, 0.2) is 0 Å². The van der Waals surface area contributed by atoms with Crippen LogP contribution in [-0.4, -0.2) is 22.4 Å². The lowest BCUT2D eigenvalue weighted by Gasteiger charge is -2.04. The molecule has 0 aliphatic carbocycles. The molecule has 4 rings (SSSR count). The van der Waals surface area contributed by atoms with Crippen LogP contribution in [0.2, 0.25) is 0 Å². The third-order valence-electron chi connectivity index (χ3n) is 4.24. The highest BCUT2D eigenvalue weighted by Crippen LogP contribution is 2.20. The maximum Gasteiger partial charge on any atom is 0.253 e. The fraction of sp³-hybridized carbons (Fsp3) is 0.105. The van der Waals surface area contributed by atoms with Crippen molar-refractivity contribution in [3.05, 3.63) is 71.8 Å². The number of hydrogen-bond donors (Lipinski definition) is 3. The number of nitrogens with one attached hydrogen (secondary N) is 3. The molecule has 0 bridgehead atoms. The summed E-state index contributed by atoms with van der Waals surface area (Å²) in [6.45, 7) is 0.536. The number of benzene rings is 2. The summed E-state index contributed by atoms with van der Waals surface area (Å²) in [6.07, 6.45) is 4.34. The van der Waals surface area contributed by atoms with Gasteiger partial charge in [0.1, 0.15) is 5.82 Å². The minimum absolute atomic E-state index is 0.160. The van der Waals surface area contributed by atoms with Crippen molar-refractivity contribution in [2.24, 2.45) is 0 Å². The fourth-order valence-corrected chi connectivity index (χ4v) is 3.03. The van der Waals surface area contributed by atoms with Gasteiger partial charge in [-0.2, -0.15) is 0 Å². The molecule has 0 saturated carbocycles. The Hall–Kier alpha value is -3.08. The Morgan fingerprint density at radius 2 is 1.83 bits per heavy atom. The van der Waals surface area contributed by atoms with E-state index in [0.717, 1.165) is 17.3 Å². The van der Waals surface area contributed by atoms with Gasteiger partial charge in [-0.1, -0.05) is 18.2 Å². The number of rotatable bonds is 4. The molecule has 0 aliphatic heterocycles. The van der Waals surface area contributed by atoms with Crippen molar-refractivity contribution in [3.8, 4) is 0 Å². The summed E-state index contributed by atoms with van der Waals surface area (Å²) < 4.78 is 13.2. The summed E-state index contributed by atoms with van der Waals surface area (Å²) in [5.41, 5.74) is 3.42. The van der Waals surface area contributed by atoms with Crippen LogP contribution in [0.25, 0.3) is 21.8 Å². The Bertz CT molecular complexity index is 1030. The molecule has 2 aromatic heterocycles. The number of H-pyrrole nitrogens is 2. The molecule has 3 N–H and O–H groups in total. The van der Waals surface area contributed by atoms with Crippen molar-refractivity contribution in [2.45, 2.75) is 6.42 Å². The minimum atomic E-state index is -0.323. The lowest BCUT2D eigenvalue weighted by molar-refractivity contribution is 0.0956. The first-order chi connectivity index (χ1) is 11.7. The molecule has 2 aromatic carbocycles. The zero-order valence-electron chi connectivity index (χ0n) is 12.9. The predicted octanol–water partition coefficient (Wildman–Crippen LogP) is 3.76.